The fourth-order valence-electron chi connectivity index (χ4n) is 10.0. The van der Waals surface area contributed by atoms with E-state index in [1.54, 1.807) is 0 Å². The van der Waals surface area contributed by atoms with Crippen molar-refractivity contribution in [2.45, 2.75) is 19.3 Å². The highest BCUT2D eigenvalue weighted by Gasteiger charge is 2.38. The molecule has 0 radical (unpaired) electrons. The first kappa shape index (κ1) is 33.6. The summed E-state index contributed by atoms with van der Waals surface area (Å²) in [4.78, 5) is 16.6. The first-order chi connectivity index (χ1) is 29.0. The number of hydrogen-bond acceptors (Lipinski definition) is 3. The van der Waals surface area contributed by atoms with Crippen molar-refractivity contribution in [3.05, 3.63) is 199 Å². The summed E-state index contributed by atoms with van der Waals surface area (Å²) in [6.07, 6.45) is 0. The molecule has 0 spiro atoms. The summed E-state index contributed by atoms with van der Waals surface area (Å²) in [6.45, 7) is 4.72. The summed E-state index contributed by atoms with van der Waals surface area (Å²) < 4.78 is 0. The third-order valence-corrected chi connectivity index (χ3v) is 12.7. The number of fused-ring (bicyclic) bond motifs is 10. The molecule has 59 heavy (non-hydrogen) atoms. The van der Waals surface area contributed by atoms with Gasteiger partial charge in [-0.05, 0) is 99.4 Å². The fourth-order valence-corrected chi connectivity index (χ4v) is 10.0. The molecule has 0 bridgehead atoms. The Morgan fingerprint density at radius 1 is 0.305 bits per heavy atom. The minimum atomic E-state index is -0.213. The molecule has 0 amide bonds. The van der Waals surface area contributed by atoms with E-state index in [1.807, 2.05) is 0 Å². The average molecular weight is 752 g/mol. The first-order valence-corrected chi connectivity index (χ1v) is 20.4. The van der Waals surface area contributed by atoms with Gasteiger partial charge in [-0.2, -0.15) is 0 Å². The lowest BCUT2D eigenvalue weighted by atomic mass is 9.78. The highest BCUT2D eigenvalue weighted by molar-refractivity contribution is 6.15. The van der Waals surface area contributed by atoms with E-state index in [2.05, 4.69) is 202 Å². The maximum Gasteiger partial charge on any atom is 0.165 e. The van der Waals surface area contributed by atoms with Crippen molar-refractivity contribution in [3.8, 4) is 56.4 Å². The largest absolute Gasteiger partial charge is 0.208 e. The monoisotopic (exact) mass is 751 g/mol. The van der Waals surface area contributed by atoms with Crippen molar-refractivity contribution < 1.29 is 0 Å². The van der Waals surface area contributed by atoms with Gasteiger partial charge in [0, 0.05) is 22.1 Å². The molecular weight excluding hydrogens is 715 g/mol. The van der Waals surface area contributed by atoms with E-state index in [0.717, 1.165) is 54.6 Å². The van der Waals surface area contributed by atoms with E-state index >= 15 is 0 Å². The van der Waals surface area contributed by atoms with Gasteiger partial charge in [-0.1, -0.05) is 190 Å². The molecule has 276 valence electrons. The predicted octanol–water partition coefficient (Wildman–Crippen LogP) is 14.6. The Labute approximate surface area is 342 Å². The van der Waals surface area contributed by atoms with Crippen LogP contribution in [-0.4, -0.2) is 15.0 Å². The van der Waals surface area contributed by atoms with Gasteiger partial charge in [0.2, 0.25) is 0 Å². The van der Waals surface area contributed by atoms with Gasteiger partial charge in [0.1, 0.15) is 0 Å². The number of benzene rings is 10. The van der Waals surface area contributed by atoms with Crippen LogP contribution in [0.25, 0.3) is 110 Å². The highest BCUT2D eigenvalue weighted by atomic mass is 15.0. The standard InChI is InChI=1S/C56H37N3/c1-56(2)50-29-14-13-26-44(50)46-27-15-28-47(52(46)56)45-31-30-34-16-3-8-21-39(34)51(45)55-58-53(48-32-35-17-4-6-19-37(35)40-22-9-11-24-42(40)48)57-54(59-55)49-33-36-18-5-7-20-38(36)41-23-10-12-25-43(41)49/h3-33H,1-2H3. The van der Waals surface area contributed by atoms with Crippen molar-refractivity contribution in [1.82, 2.24) is 15.0 Å². The summed E-state index contributed by atoms with van der Waals surface area (Å²) >= 11 is 0. The summed E-state index contributed by atoms with van der Waals surface area (Å²) in [7, 11) is 0. The molecule has 1 aliphatic carbocycles. The molecule has 0 saturated carbocycles. The predicted molar refractivity (Wildman–Crippen MR) is 247 cm³/mol. The highest BCUT2D eigenvalue weighted by Crippen LogP contribution is 2.53. The van der Waals surface area contributed by atoms with Crippen molar-refractivity contribution in [1.29, 1.82) is 0 Å². The van der Waals surface area contributed by atoms with Crippen LogP contribution >= 0.6 is 0 Å². The van der Waals surface area contributed by atoms with Crippen molar-refractivity contribution >= 4 is 53.9 Å². The summed E-state index contributed by atoms with van der Waals surface area (Å²) in [6, 6.07) is 67.8. The van der Waals surface area contributed by atoms with Crippen LogP contribution in [0, 0.1) is 0 Å². The van der Waals surface area contributed by atoms with Crippen LogP contribution in [0.1, 0.15) is 25.0 Å². The summed E-state index contributed by atoms with van der Waals surface area (Å²) in [5, 5.41) is 11.5. The van der Waals surface area contributed by atoms with Crippen molar-refractivity contribution in [3.63, 3.8) is 0 Å². The van der Waals surface area contributed by atoms with Crippen LogP contribution in [0.15, 0.2) is 188 Å². The van der Waals surface area contributed by atoms with Crippen molar-refractivity contribution in [2.75, 3.05) is 0 Å². The van der Waals surface area contributed by atoms with Crippen LogP contribution in [-0.2, 0) is 5.41 Å². The van der Waals surface area contributed by atoms with Crippen LogP contribution in [0.3, 0.4) is 0 Å². The maximum atomic E-state index is 5.58. The van der Waals surface area contributed by atoms with E-state index in [1.165, 1.54) is 49.4 Å². The molecule has 0 N–H and O–H groups in total. The zero-order valence-electron chi connectivity index (χ0n) is 32.7. The SMILES string of the molecule is CC1(C)c2ccccc2-c2cccc(-c3ccc4ccccc4c3-c3nc(-c4cc5ccccc5c5ccccc45)nc(-c4cc5ccccc5c5ccccc45)n3)c21. The van der Waals surface area contributed by atoms with E-state index in [9.17, 15) is 0 Å². The molecule has 0 fully saturated rings. The topological polar surface area (TPSA) is 38.7 Å². The van der Waals surface area contributed by atoms with Gasteiger partial charge in [0.25, 0.3) is 0 Å². The smallest absolute Gasteiger partial charge is 0.165 e. The van der Waals surface area contributed by atoms with Gasteiger partial charge in [0.05, 0.1) is 0 Å². The molecule has 0 aliphatic heterocycles. The Bertz CT molecular complexity index is 3410. The molecule has 10 aromatic carbocycles. The Hall–Kier alpha value is -7.49. The van der Waals surface area contributed by atoms with Gasteiger partial charge in [0.15, 0.2) is 17.5 Å². The van der Waals surface area contributed by atoms with Crippen LogP contribution in [0.4, 0.5) is 0 Å². The number of hydrogen-bond donors (Lipinski definition) is 0. The molecule has 11 aromatic rings. The zero-order chi connectivity index (χ0) is 39.2. The number of rotatable bonds is 4. The van der Waals surface area contributed by atoms with E-state index in [0.29, 0.717) is 17.5 Å². The van der Waals surface area contributed by atoms with Crippen LogP contribution < -0.4 is 0 Å². The molecule has 1 aromatic heterocycles. The lowest BCUT2D eigenvalue weighted by Gasteiger charge is -2.25. The van der Waals surface area contributed by atoms with Gasteiger partial charge in [-0.25, -0.2) is 15.0 Å². The average Bonchev–Trinajstić information content (AvgIpc) is 3.53. The lowest BCUT2D eigenvalue weighted by molar-refractivity contribution is 0.662. The molecule has 1 heterocycles. The Kier molecular flexibility index (Phi) is 7.27. The Morgan fingerprint density at radius 3 is 1.36 bits per heavy atom. The maximum absolute atomic E-state index is 5.58. The first-order valence-electron chi connectivity index (χ1n) is 20.4. The lowest BCUT2D eigenvalue weighted by Crippen LogP contribution is -2.16. The van der Waals surface area contributed by atoms with Crippen LogP contribution in [0.2, 0.25) is 0 Å². The van der Waals surface area contributed by atoms with E-state index in [4.69, 9.17) is 15.0 Å². The Morgan fingerprint density at radius 2 is 0.746 bits per heavy atom. The molecule has 1 aliphatic rings. The normalized spacial score (nSPS) is 13.1. The molecule has 3 nitrogen and oxygen atoms in total. The Balaban J connectivity index is 1.21. The molecule has 0 saturated heterocycles. The minimum Gasteiger partial charge on any atom is -0.208 e. The second kappa shape index (κ2) is 12.8. The third kappa shape index (κ3) is 5.04. The second-order valence-electron chi connectivity index (χ2n) is 16.3. The molecule has 12 rings (SSSR count). The summed E-state index contributed by atoms with van der Waals surface area (Å²) in [5.41, 5.74) is 10.3. The van der Waals surface area contributed by atoms with Gasteiger partial charge >= 0.3 is 0 Å². The van der Waals surface area contributed by atoms with Crippen LogP contribution in [0.5, 0.6) is 0 Å². The van der Waals surface area contributed by atoms with Gasteiger partial charge in [-0.3, -0.25) is 0 Å². The molecule has 0 unspecified atom stereocenters. The van der Waals surface area contributed by atoms with Crippen molar-refractivity contribution in [2.24, 2.45) is 0 Å². The van der Waals surface area contributed by atoms with Gasteiger partial charge in [-0.15, -0.1) is 0 Å². The quantitative estimate of drug-likeness (QED) is 0.168. The summed E-state index contributed by atoms with van der Waals surface area (Å²) in [5.74, 6) is 1.94. The fraction of sp³-hybridized carbons (Fsp3) is 0.0536. The third-order valence-electron chi connectivity index (χ3n) is 12.7. The van der Waals surface area contributed by atoms with Gasteiger partial charge < -0.3 is 0 Å². The molecular formula is C56H37N3. The second-order valence-corrected chi connectivity index (χ2v) is 16.3. The molecule has 3 heteroatoms. The minimum absolute atomic E-state index is 0.213. The molecule has 0 atom stereocenters. The number of nitrogens with zero attached hydrogens (tertiary/aromatic N) is 3. The zero-order valence-corrected chi connectivity index (χ0v) is 32.7. The van der Waals surface area contributed by atoms with E-state index < -0.39 is 0 Å². The number of aromatic nitrogens is 3. The van der Waals surface area contributed by atoms with E-state index in [-0.39, 0.29) is 5.41 Å².